The van der Waals surface area contributed by atoms with Gasteiger partial charge in [-0.3, -0.25) is 4.98 Å². The third kappa shape index (κ3) is 2.20. The van der Waals surface area contributed by atoms with Crippen LogP contribution < -0.4 is 0 Å². The van der Waals surface area contributed by atoms with Crippen LogP contribution in [0.15, 0.2) is 18.3 Å². The number of alkyl halides is 1. The van der Waals surface area contributed by atoms with Gasteiger partial charge >= 0.3 is 0 Å². The molecule has 2 nitrogen and oxygen atoms in total. The summed E-state index contributed by atoms with van der Waals surface area (Å²) < 4.78 is 0. The molecular formula is C12H15ClN2S. The standard InChI is InChI=1S/C12H15ClN2S/c1-15-8-5-9(4-6-13)11-10(12(15)16)3-2-7-14-11/h2-3,7,9H,4-6,8H2,1H3. The Morgan fingerprint density at radius 3 is 3.19 bits per heavy atom. The minimum Gasteiger partial charge on any atom is -0.365 e. The number of hydrogen-bond donors (Lipinski definition) is 0. The van der Waals surface area contributed by atoms with Crippen LogP contribution in [0.1, 0.15) is 30.0 Å². The van der Waals surface area contributed by atoms with Crippen molar-refractivity contribution in [2.75, 3.05) is 19.5 Å². The Balaban J connectivity index is 2.41. The molecule has 2 rings (SSSR count). The summed E-state index contributed by atoms with van der Waals surface area (Å²) in [6, 6.07) is 4.01. The normalized spacial score (nSPS) is 20.5. The highest BCUT2D eigenvalue weighted by Gasteiger charge is 2.24. The van der Waals surface area contributed by atoms with Crippen molar-refractivity contribution in [3.05, 3.63) is 29.6 Å². The van der Waals surface area contributed by atoms with Crippen LogP contribution in [-0.2, 0) is 0 Å². The second-order valence-corrected chi connectivity index (χ2v) is 4.89. The third-order valence-electron chi connectivity index (χ3n) is 3.07. The Bertz CT molecular complexity index is 394. The Morgan fingerprint density at radius 1 is 1.62 bits per heavy atom. The van der Waals surface area contributed by atoms with Gasteiger partial charge < -0.3 is 4.90 Å². The molecule has 1 aromatic heterocycles. The lowest BCUT2D eigenvalue weighted by atomic mass is 9.95. The minimum absolute atomic E-state index is 0.441. The number of rotatable bonds is 2. The highest BCUT2D eigenvalue weighted by Crippen LogP contribution is 2.29. The van der Waals surface area contributed by atoms with Crippen molar-refractivity contribution in [3.63, 3.8) is 0 Å². The van der Waals surface area contributed by atoms with E-state index in [1.54, 1.807) is 0 Å². The van der Waals surface area contributed by atoms with Crippen LogP contribution in [0.5, 0.6) is 0 Å². The van der Waals surface area contributed by atoms with Gasteiger partial charge in [0.2, 0.25) is 0 Å². The van der Waals surface area contributed by atoms with Crippen LogP contribution in [0.2, 0.25) is 0 Å². The Kier molecular flexibility index (Phi) is 3.77. The van der Waals surface area contributed by atoms with E-state index in [9.17, 15) is 0 Å². The molecule has 0 saturated carbocycles. The fourth-order valence-electron chi connectivity index (χ4n) is 2.13. The summed E-state index contributed by atoms with van der Waals surface area (Å²) in [6.45, 7) is 0.983. The molecule has 0 aliphatic carbocycles. The fourth-order valence-corrected chi connectivity index (χ4v) is 2.66. The molecule has 0 spiro atoms. The maximum absolute atomic E-state index is 5.85. The van der Waals surface area contributed by atoms with Crippen molar-refractivity contribution in [2.24, 2.45) is 0 Å². The van der Waals surface area contributed by atoms with Crippen molar-refractivity contribution in [3.8, 4) is 0 Å². The minimum atomic E-state index is 0.441. The number of pyridine rings is 1. The highest BCUT2D eigenvalue weighted by molar-refractivity contribution is 7.80. The van der Waals surface area contributed by atoms with Crippen LogP contribution in [0.25, 0.3) is 0 Å². The molecular weight excluding hydrogens is 240 g/mol. The van der Waals surface area contributed by atoms with Gasteiger partial charge in [-0.15, -0.1) is 11.6 Å². The van der Waals surface area contributed by atoms with Crippen molar-refractivity contribution >= 4 is 28.8 Å². The predicted molar refractivity (Wildman–Crippen MR) is 71.3 cm³/mol. The van der Waals surface area contributed by atoms with Crippen molar-refractivity contribution in [2.45, 2.75) is 18.8 Å². The summed E-state index contributed by atoms with van der Waals surface area (Å²) in [5, 5.41) is 0. The summed E-state index contributed by atoms with van der Waals surface area (Å²) in [4.78, 5) is 7.52. The lowest BCUT2D eigenvalue weighted by molar-refractivity contribution is 0.465. The topological polar surface area (TPSA) is 16.1 Å². The zero-order valence-electron chi connectivity index (χ0n) is 9.32. The van der Waals surface area contributed by atoms with Crippen molar-refractivity contribution in [1.82, 2.24) is 9.88 Å². The lowest BCUT2D eigenvalue weighted by Gasteiger charge is -2.16. The van der Waals surface area contributed by atoms with Gasteiger partial charge in [0.25, 0.3) is 0 Å². The van der Waals surface area contributed by atoms with Gasteiger partial charge in [0.1, 0.15) is 4.99 Å². The summed E-state index contributed by atoms with van der Waals surface area (Å²) >= 11 is 11.3. The van der Waals surface area contributed by atoms with Crippen LogP contribution in [0.4, 0.5) is 0 Å². The molecule has 86 valence electrons. The zero-order valence-corrected chi connectivity index (χ0v) is 10.9. The van der Waals surface area contributed by atoms with Gasteiger partial charge in [0.15, 0.2) is 0 Å². The molecule has 1 aliphatic heterocycles. The number of thiocarbonyl (C=S) groups is 1. The van der Waals surface area contributed by atoms with E-state index in [1.165, 1.54) is 0 Å². The van der Waals surface area contributed by atoms with Crippen LogP contribution >= 0.6 is 23.8 Å². The second kappa shape index (κ2) is 5.11. The first-order valence-electron chi connectivity index (χ1n) is 5.50. The monoisotopic (exact) mass is 254 g/mol. The summed E-state index contributed by atoms with van der Waals surface area (Å²) in [5.74, 6) is 1.12. The van der Waals surface area contributed by atoms with E-state index in [1.807, 2.05) is 19.3 Å². The predicted octanol–water partition coefficient (Wildman–Crippen LogP) is 2.81. The summed E-state index contributed by atoms with van der Waals surface area (Å²) in [6.07, 6.45) is 3.89. The third-order valence-corrected chi connectivity index (χ3v) is 3.82. The smallest absolute Gasteiger partial charge is 0.110 e. The zero-order chi connectivity index (χ0) is 11.5. The number of nitrogens with zero attached hydrogens (tertiary/aromatic N) is 2. The van der Waals surface area contributed by atoms with E-state index < -0.39 is 0 Å². The Morgan fingerprint density at radius 2 is 2.44 bits per heavy atom. The van der Waals surface area contributed by atoms with Gasteiger partial charge in [-0.05, 0) is 25.0 Å². The number of aromatic nitrogens is 1. The summed E-state index contributed by atoms with van der Waals surface area (Å²) in [5.41, 5.74) is 2.23. The average Bonchev–Trinajstić information content (AvgIpc) is 2.43. The number of fused-ring (bicyclic) bond motifs is 1. The van der Waals surface area contributed by atoms with E-state index in [4.69, 9.17) is 23.8 Å². The lowest BCUT2D eigenvalue weighted by Crippen LogP contribution is -2.25. The first-order valence-corrected chi connectivity index (χ1v) is 6.44. The van der Waals surface area contributed by atoms with E-state index in [2.05, 4.69) is 16.0 Å². The quantitative estimate of drug-likeness (QED) is 0.597. The molecule has 4 heteroatoms. The molecule has 1 aromatic rings. The fraction of sp³-hybridized carbons (Fsp3) is 0.500. The first kappa shape index (κ1) is 11.8. The Hall–Kier alpha value is -0.670. The van der Waals surface area contributed by atoms with Gasteiger partial charge in [0, 0.05) is 37.2 Å². The van der Waals surface area contributed by atoms with E-state index in [-0.39, 0.29) is 0 Å². The molecule has 0 N–H and O–H groups in total. The van der Waals surface area contributed by atoms with Gasteiger partial charge in [-0.2, -0.15) is 0 Å². The number of halogens is 1. The van der Waals surface area contributed by atoms with Crippen molar-refractivity contribution in [1.29, 1.82) is 0 Å². The van der Waals surface area contributed by atoms with E-state index in [0.29, 0.717) is 11.8 Å². The Labute approximate surface area is 107 Å². The molecule has 1 atom stereocenters. The van der Waals surface area contributed by atoms with Crippen LogP contribution in [-0.4, -0.2) is 34.3 Å². The van der Waals surface area contributed by atoms with E-state index in [0.717, 1.165) is 35.6 Å². The molecule has 0 radical (unpaired) electrons. The maximum atomic E-state index is 5.85. The molecule has 0 aromatic carbocycles. The molecule has 2 heterocycles. The molecule has 16 heavy (non-hydrogen) atoms. The molecule has 1 unspecified atom stereocenters. The van der Waals surface area contributed by atoms with Crippen LogP contribution in [0, 0.1) is 0 Å². The summed E-state index contributed by atoms with van der Waals surface area (Å²) in [7, 11) is 2.04. The van der Waals surface area contributed by atoms with Crippen molar-refractivity contribution < 1.29 is 0 Å². The largest absolute Gasteiger partial charge is 0.365 e. The molecule has 0 fully saturated rings. The maximum Gasteiger partial charge on any atom is 0.110 e. The van der Waals surface area contributed by atoms with Gasteiger partial charge in [-0.1, -0.05) is 12.2 Å². The SMILES string of the molecule is CN1CCC(CCCl)c2ncccc2C1=S. The van der Waals surface area contributed by atoms with Gasteiger partial charge in [-0.25, -0.2) is 0 Å². The average molecular weight is 255 g/mol. The second-order valence-electron chi connectivity index (χ2n) is 4.13. The van der Waals surface area contributed by atoms with E-state index >= 15 is 0 Å². The highest BCUT2D eigenvalue weighted by atomic mass is 35.5. The molecule has 0 bridgehead atoms. The number of hydrogen-bond acceptors (Lipinski definition) is 2. The first-order chi connectivity index (χ1) is 7.74. The molecule has 0 saturated heterocycles. The molecule has 1 aliphatic rings. The van der Waals surface area contributed by atoms with Crippen LogP contribution in [0.3, 0.4) is 0 Å². The molecule has 0 amide bonds. The van der Waals surface area contributed by atoms with Gasteiger partial charge in [0.05, 0.1) is 5.69 Å².